The summed E-state index contributed by atoms with van der Waals surface area (Å²) in [6, 6.07) is 5.59. The fraction of sp³-hybridized carbons (Fsp3) is 0.333. The highest BCUT2D eigenvalue weighted by Crippen LogP contribution is 2.23. The first-order valence-corrected chi connectivity index (χ1v) is 3.96. The Kier molecular flexibility index (Phi) is 3.54. The zero-order valence-electron chi connectivity index (χ0n) is 7.83. The highest BCUT2D eigenvalue weighted by Gasteiger charge is 2.03. The van der Waals surface area contributed by atoms with Gasteiger partial charge in [-0.15, -0.1) is 0 Å². The van der Waals surface area contributed by atoms with Gasteiger partial charge in [0, 0.05) is 12.1 Å². The Labute approximate surface area is 77.6 Å². The lowest BCUT2D eigenvalue weighted by Crippen LogP contribution is -2.21. The maximum Gasteiger partial charge on any atom is 0.123 e. The van der Waals surface area contributed by atoms with Gasteiger partial charge in [-0.1, -0.05) is 0 Å². The lowest BCUT2D eigenvalue weighted by Gasteiger charge is -2.09. The normalized spacial score (nSPS) is 9.77. The molecule has 13 heavy (non-hydrogen) atoms. The fourth-order valence-electron chi connectivity index (χ4n) is 1.13. The third-order valence-corrected chi connectivity index (χ3v) is 1.78. The number of ether oxygens (including phenoxy) is 2. The van der Waals surface area contributed by atoms with E-state index in [2.05, 4.69) is 5.43 Å². The number of methoxy groups -OCH3 is 2. The maximum atomic E-state index is 5.23. The molecular weight excluding hydrogens is 168 g/mol. The van der Waals surface area contributed by atoms with Crippen molar-refractivity contribution in [2.75, 3.05) is 14.2 Å². The van der Waals surface area contributed by atoms with Gasteiger partial charge in [-0.05, 0) is 18.2 Å². The molecule has 1 aromatic rings. The molecule has 0 spiro atoms. The van der Waals surface area contributed by atoms with Gasteiger partial charge in [0.2, 0.25) is 0 Å². The molecule has 0 radical (unpaired) electrons. The van der Waals surface area contributed by atoms with E-state index in [1.54, 1.807) is 14.2 Å². The summed E-state index contributed by atoms with van der Waals surface area (Å²) in [6.07, 6.45) is 0. The van der Waals surface area contributed by atoms with Gasteiger partial charge in [-0.25, -0.2) is 0 Å². The van der Waals surface area contributed by atoms with Crippen molar-refractivity contribution >= 4 is 0 Å². The van der Waals surface area contributed by atoms with Crippen LogP contribution in [-0.4, -0.2) is 14.2 Å². The molecular formula is C9H14N2O2. The second-order valence-electron chi connectivity index (χ2n) is 2.56. The summed E-state index contributed by atoms with van der Waals surface area (Å²) in [5.41, 5.74) is 3.55. The molecule has 0 aromatic heterocycles. The molecule has 0 aliphatic carbocycles. The van der Waals surface area contributed by atoms with E-state index in [4.69, 9.17) is 15.3 Å². The third kappa shape index (κ3) is 2.34. The second-order valence-corrected chi connectivity index (χ2v) is 2.56. The predicted molar refractivity (Wildman–Crippen MR) is 50.6 cm³/mol. The van der Waals surface area contributed by atoms with Crippen molar-refractivity contribution in [3.63, 3.8) is 0 Å². The molecule has 0 aliphatic heterocycles. The van der Waals surface area contributed by atoms with Gasteiger partial charge in [0.25, 0.3) is 0 Å². The van der Waals surface area contributed by atoms with Crippen LogP contribution < -0.4 is 20.7 Å². The van der Waals surface area contributed by atoms with Crippen LogP contribution >= 0.6 is 0 Å². The van der Waals surface area contributed by atoms with E-state index < -0.39 is 0 Å². The Morgan fingerprint density at radius 1 is 1.31 bits per heavy atom. The molecule has 0 saturated carbocycles. The van der Waals surface area contributed by atoms with E-state index in [0.717, 1.165) is 17.1 Å². The molecule has 4 nitrogen and oxygen atoms in total. The first-order chi connectivity index (χ1) is 6.31. The van der Waals surface area contributed by atoms with Crippen LogP contribution in [0.1, 0.15) is 5.56 Å². The van der Waals surface area contributed by atoms with Crippen LogP contribution in [0.3, 0.4) is 0 Å². The smallest absolute Gasteiger partial charge is 0.123 e. The van der Waals surface area contributed by atoms with Crippen LogP contribution in [0.2, 0.25) is 0 Å². The number of hydrazine groups is 1. The van der Waals surface area contributed by atoms with Crippen molar-refractivity contribution in [3.8, 4) is 11.5 Å². The predicted octanol–water partition coefficient (Wildman–Crippen LogP) is 0.667. The molecule has 0 heterocycles. The van der Waals surface area contributed by atoms with Gasteiger partial charge < -0.3 is 9.47 Å². The van der Waals surface area contributed by atoms with E-state index >= 15 is 0 Å². The van der Waals surface area contributed by atoms with Gasteiger partial charge in [0.1, 0.15) is 11.5 Å². The molecule has 0 atom stereocenters. The average molecular weight is 182 g/mol. The number of nitrogens with one attached hydrogen (secondary N) is 1. The minimum Gasteiger partial charge on any atom is -0.497 e. The molecule has 0 saturated heterocycles. The van der Waals surface area contributed by atoms with Crippen molar-refractivity contribution in [1.29, 1.82) is 0 Å². The van der Waals surface area contributed by atoms with Crippen molar-refractivity contribution in [1.82, 2.24) is 5.43 Å². The molecule has 0 bridgehead atoms. The zero-order valence-corrected chi connectivity index (χ0v) is 7.83. The minimum atomic E-state index is 0.556. The highest BCUT2D eigenvalue weighted by molar-refractivity contribution is 5.40. The largest absolute Gasteiger partial charge is 0.497 e. The van der Waals surface area contributed by atoms with Gasteiger partial charge in [0.15, 0.2) is 0 Å². The Morgan fingerprint density at radius 2 is 2.08 bits per heavy atom. The summed E-state index contributed by atoms with van der Waals surface area (Å²) in [6.45, 7) is 0.556. The SMILES string of the molecule is COc1ccc(OC)c(CNN)c1. The third-order valence-electron chi connectivity index (χ3n) is 1.78. The number of rotatable bonds is 4. The summed E-state index contributed by atoms with van der Waals surface area (Å²) in [4.78, 5) is 0. The lowest BCUT2D eigenvalue weighted by atomic mass is 10.2. The van der Waals surface area contributed by atoms with E-state index in [1.807, 2.05) is 18.2 Å². The van der Waals surface area contributed by atoms with Crippen LogP contribution in [0, 0.1) is 0 Å². The van der Waals surface area contributed by atoms with E-state index in [0.29, 0.717) is 6.54 Å². The quantitative estimate of drug-likeness (QED) is 0.530. The van der Waals surface area contributed by atoms with Crippen LogP contribution in [0.4, 0.5) is 0 Å². The summed E-state index contributed by atoms with van der Waals surface area (Å²) >= 11 is 0. The number of hydrogen-bond acceptors (Lipinski definition) is 4. The number of hydrogen-bond donors (Lipinski definition) is 2. The minimum absolute atomic E-state index is 0.556. The van der Waals surface area contributed by atoms with Crippen molar-refractivity contribution in [3.05, 3.63) is 23.8 Å². The summed E-state index contributed by atoms with van der Waals surface area (Å²) in [5.74, 6) is 6.83. The molecule has 1 rings (SSSR count). The molecule has 0 unspecified atom stereocenters. The Bertz CT molecular complexity index is 276. The van der Waals surface area contributed by atoms with E-state index in [9.17, 15) is 0 Å². The molecule has 3 N–H and O–H groups in total. The fourth-order valence-corrected chi connectivity index (χ4v) is 1.13. The van der Waals surface area contributed by atoms with Gasteiger partial charge >= 0.3 is 0 Å². The Hall–Kier alpha value is -1.26. The summed E-state index contributed by atoms with van der Waals surface area (Å²) < 4.78 is 10.2. The topological polar surface area (TPSA) is 56.5 Å². The van der Waals surface area contributed by atoms with Crippen LogP contribution in [0.25, 0.3) is 0 Å². The monoisotopic (exact) mass is 182 g/mol. The molecule has 72 valence electrons. The zero-order chi connectivity index (χ0) is 9.68. The lowest BCUT2D eigenvalue weighted by molar-refractivity contribution is 0.397. The van der Waals surface area contributed by atoms with Crippen LogP contribution in [0.15, 0.2) is 18.2 Å². The Balaban J connectivity index is 2.95. The van der Waals surface area contributed by atoms with Gasteiger partial charge in [-0.3, -0.25) is 11.3 Å². The van der Waals surface area contributed by atoms with Crippen molar-refractivity contribution in [2.45, 2.75) is 6.54 Å². The molecule has 0 amide bonds. The molecule has 0 fully saturated rings. The highest BCUT2D eigenvalue weighted by atomic mass is 16.5. The van der Waals surface area contributed by atoms with Crippen molar-refractivity contribution < 1.29 is 9.47 Å². The summed E-state index contributed by atoms with van der Waals surface area (Å²) in [7, 11) is 3.25. The van der Waals surface area contributed by atoms with Crippen molar-refractivity contribution in [2.24, 2.45) is 5.84 Å². The molecule has 0 aliphatic rings. The average Bonchev–Trinajstić information content (AvgIpc) is 2.18. The summed E-state index contributed by atoms with van der Waals surface area (Å²) in [5, 5.41) is 0. The van der Waals surface area contributed by atoms with Gasteiger partial charge in [-0.2, -0.15) is 0 Å². The second kappa shape index (κ2) is 4.69. The number of benzene rings is 1. The van der Waals surface area contributed by atoms with Crippen LogP contribution in [-0.2, 0) is 6.54 Å². The maximum absolute atomic E-state index is 5.23. The van der Waals surface area contributed by atoms with E-state index in [1.165, 1.54) is 0 Å². The first-order valence-electron chi connectivity index (χ1n) is 3.96. The Morgan fingerprint density at radius 3 is 2.62 bits per heavy atom. The van der Waals surface area contributed by atoms with Crippen LogP contribution in [0.5, 0.6) is 11.5 Å². The number of nitrogens with two attached hydrogens (primary N) is 1. The molecule has 4 heteroatoms. The molecule has 1 aromatic carbocycles. The van der Waals surface area contributed by atoms with Gasteiger partial charge in [0.05, 0.1) is 14.2 Å². The standard InChI is InChI=1S/C9H14N2O2/c1-12-8-3-4-9(13-2)7(5-8)6-11-10/h3-5,11H,6,10H2,1-2H3. The van der Waals surface area contributed by atoms with E-state index in [-0.39, 0.29) is 0 Å². The first kappa shape index (κ1) is 9.83.